The highest BCUT2D eigenvalue weighted by Crippen LogP contribution is 2.60. The average molecular weight is 1710 g/mol. The number of anilines is 2. The van der Waals surface area contributed by atoms with Crippen molar-refractivity contribution >= 4 is 72.2 Å². The van der Waals surface area contributed by atoms with E-state index < -0.39 is 159 Å². The minimum Gasteiger partial charge on any atom is -0.383 e. The van der Waals surface area contributed by atoms with Crippen LogP contribution in [0, 0.1) is 20.8 Å². The van der Waals surface area contributed by atoms with Gasteiger partial charge in [0, 0.05) is 74.6 Å². The number of nitrogens with zero attached hydrogens (tertiary/aromatic N) is 20. The Bertz CT molecular complexity index is 5310. The van der Waals surface area contributed by atoms with Gasteiger partial charge in [0.1, 0.15) is 35.9 Å². The van der Waals surface area contributed by atoms with Gasteiger partial charge in [-0.25, -0.2) is 81.3 Å². The van der Waals surface area contributed by atoms with E-state index in [4.69, 9.17) is 57.8 Å². The van der Waals surface area contributed by atoms with E-state index >= 15 is 18.3 Å². The van der Waals surface area contributed by atoms with Crippen LogP contribution < -0.4 is 50.5 Å². The summed E-state index contributed by atoms with van der Waals surface area (Å²) in [5, 5.41) is 3.33. The van der Waals surface area contributed by atoms with Crippen LogP contribution in [-0.4, -0.2) is 315 Å². The van der Waals surface area contributed by atoms with Crippen molar-refractivity contribution in [3.05, 3.63) is 123 Å². The van der Waals surface area contributed by atoms with Gasteiger partial charge >= 0.3 is 47.8 Å². The van der Waals surface area contributed by atoms with Crippen LogP contribution >= 0.6 is 38.2 Å². The van der Waals surface area contributed by atoms with Gasteiger partial charge in [0.05, 0.1) is 102 Å². The first-order valence-electron chi connectivity index (χ1n) is 36.7. The molecule has 0 radical (unpaired) electrons. The highest BCUT2D eigenvalue weighted by molar-refractivity contribution is 7.57. The Morgan fingerprint density at radius 2 is 0.861 bits per heavy atom. The number of nitrogen functional groups attached to an aromatic ring is 2. The number of nitrogens with one attached hydrogen (secondary N) is 4. The third-order valence-electron chi connectivity index (χ3n) is 20.0. The van der Waals surface area contributed by atoms with Crippen molar-refractivity contribution < 1.29 is 69.1 Å². The Morgan fingerprint density at radius 3 is 1.29 bits per heavy atom. The predicted octanol–water partition coefficient (Wildman–Crippen LogP) is 0.616. The molecule has 5 saturated heterocycles. The Morgan fingerprint density at radius 1 is 0.461 bits per heavy atom. The van der Waals surface area contributed by atoms with Crippen molar-refractivity contribution in [1.82, 2.24) is 115 Å². The minimum absolute atomic E-state index is 0.0789. The zero-order valence-corrected chi connectivity index (χ0v) is 70.9. The number of aryl methyl sites for hydroxylation is 3. The highest BCUT2D eigenvalue weighted by Gasteiger charge is 2.51. The standard InChI is InChI=1S/C63H101N26O21P5/c1-38(2)111(96,76(6)7)101-31-43-22-82(27-50(108-43)86-20-39(3)58(90)74-62(86)94)114(99,79(12)13)103-32-44-23-81(26-49(107-44)85-17-16-47(64)73-61(85)93)113(98,78(10)11)104-33-45-24-83(28-51(109-45)87-21-40(4)59(91)75-63(87)95)115(100,80(14)15)105-34-46-25-84(29-52(110-46)89-36-69-53-55(65)67-35-68-56(53)89)112(97,77(8)9)102-30-42-18-66-19-48(106-42)88-37-70-54-57(88)71-41(5)72-60(54)92/h16-17,20-21,35-38,42-46,48-52,66H,18-19,22-34H2,1-15H3,(H2,64,73,93)(H2,65,67,68)(H,71,72,92)(H,74,90,94)(H,75,91,95)/t42-,43-,44-,45-,46-,48+,49+,50+,51+,52+,111?,112?,113?,114?,115?/m0/s1. The monoisotopic (exact) mass is 1710 g/mol. The topological polar surface area (TPSA) is 523 Å². The number of aromatic nitrogens is 14. The lowest BCUT2D eigenvalue weighted by Crippen LogP contribution is -2.52. The first kappa shape index (κ1) is 87.4. The third-order valence-corrected chi connectivity index (χ3v) is 33.1. The number of hydrogen-bond donors (Lipinski definition) is 6. The smallest absolute Gasteiger partial charge is 0.351 e. The number of ether oxygens (including phenoxy) is 5. The summed E-state index contributed by atoms with van der Waals surface area (Å²) in [6.07, 6.45) is -2.82. The van der Waals surface area contributed by atoms with Gasteiger partial charge in [-0.3, -0.25) is 70.0 Å². The molecule has 12 rings (SSSR count). The summed E-state index contributed by atoms with van der Waals surface area (Å²) in [7, 11) is -5.43. The second-order valence-electron chi connectivity index (χ2n) is 29.6. The van der Waals surface area contributed by atoms with Crippen LogP contribution in [0.25, 0.3) is 22.3 Å². The molecule has 47 nitrogen and oxygen atoms in total. The maximum absolute atomic E-state index is 16.3. The number of morpholine rings is 5. The van der Waals surface area contributed by atoms with Crippen molar-refractivity contribution in [2.75, 3.05) is 180 Å². The van der Waals surface area contributed by atoms with Crippen LogP contribution in [0.15, 0.2) is 72.4 Å². The van der Waals surface area contributed by atoms with Crippen LogP contribution in [-0.2, 0) is 69.1 Å². The molecule has 8 N–H and O–H groups in total. The lowest BCUT2D eigenvalue weighted by atomic mass is 10.3. The molecule has 0 aromatic carbocycles. The molecule has 7 aromatic heterocycles. The summed E-state index contributed by atoms with van der Waals surface area (Å²) in [5.74, 6) is 0.347. The fourth-order valence-electron chi connectivity index (χ4n) is 14.0. The number of hydrogen-bond acceptors (Lipinski definition) is 30. The fraction of sp³-hybridized carbons (Fsp3) is 0.651. The third kappa shape index (κ3) is 18.3. The second-order valence-corrected chi connectivity index (χ2v) is 43.2. The van der Waals surface area contributed by atoms with E-state index in [1.54, 1.807) is 62.8 Å². The number of fused-ring (bicyclic) bond motifs is 2. The lowest BCUT2D eigenvalue weighted by Gasteiger charge is -2.46. The Balaban J connectivity index is 0.813. The van der Waals surface area contributed by atoms with Gasteiger partial charge in [0.2, 0.25) is 0 Å². The molecule has 7 aromatic rings. The van der Waals surface area contributed by atoms with Crippen molar-refractivity contribution in [2.24, 2.45) is 0 Å². The first-order chi connectivity index (χ1) is 54.2. The Hall–Kier alpha value is -6.91. The van der Waals surface area contributed by atoms with Crippen molar-refractivity contribution in [1.29, 1.82) is 0 Å². The van der Waals surface area contributed by atoms with Crippen molar-refractivity contribution in [3.63, 3.8) is 0 Å². The molecule has 0 bridgehead atoms. The number of H-pyrrole nitrogens is 3. The van der Waals surface area contributed by atoms with Gasteiger partial charge in [-0.15, -0.1) is 0 Å². The SMILES string of the molecule is Cc1nc2c(ncn2[C@H]2CNC[C@@H](COP(=O)(N(C)C)N3C[C@@H](COP(=O)(N(C)C)N4C[C@@H](COP(=O)(N(C)C)N5C[C@@H](COP(=O)(N(C)C)N6C[C@@H](COP(=O)(C(C)C)N(C)C)O[C@@H](n7cc(C)c(=O)[nH]c7=O)C6)O[C@@H](n6ccc(N)nc6=O)C5)O[C@@H](n5cc(C)c(=O)[nH]c5=O)C4)O[C@@H](n4cnc5c(N)ncnc54)C3)O2)c(=O)[nH]1. The van der Waals surface area contributed by atoms with Crippen molar-refractivity contribution in [2.45, 2.75) is 102 Å². The molecule has 15 atom stereocenters. The van der Waals surface area contributed by atoms with Gasteiger partial charge in [-0.2, -0.15) is 4.98 Å². The molecule has 5 aliphatic heterocycles. The zero-order valence-electron chi connectivity index (χ0n) is 66.4. The number of imidazole rings is 2. The van der Waals surface area contributed by atoms with E-state index in [9.17, 15) is 33.3 Å². The predicted molar refractivity (Wildman–Crippen MR) is 418 cm³/mol. The fourth-order valence-corrected chi connectivity index (χ4v) is 23.8. The summed E-state index contributed by atoms with van der Waals surface area (Å²) in [5.41, 5.74) is 8.74. The van der Waals surface area contributed by atoms with Crippen molar-refractivity contribution in [3.8, 4) is 0 Å². The molecular formula is C63H101N26O21P5. The minimum atomic E-state index is -4.46. The van der Waals surface area contributed by atoms with E-state index in [0.29, 0.717) is 18.0 Å². The summed E-state index contributed by atoms with van der Waals surface area (Å²) in [6, 6.07) is 1.36. The molecule has 5 aliphatic rings. The molecule has 0 aliphatic carbocycles. The molecule has 634 valence electrons. The quantitative estimate of drug-likeness (QED) is 0.0336. The molecule has 0 saturated carbocycles. The van der Waals surface area contributed by atoms with E-state index in [-0.39, 0.29) is 112 Å². The molecule has 0 amide bonds. The molecule has 115 heavy (non-hydrogen) atoms. The second kappa shape index (κ2) is 35.2. The van der Waals surface area contributed by atoms with Gasteiger partial charge < -0.3 is 68.1 Å². The molecule has 12 heterocycles. The Kier molecular flexibility index (Phi) is 26.7. The van der Waals surface area contributed by atoms with Crippen LogP contribution in [0.2, 0.25) is 0 Å². The molecule has 5 unspecified atom stereocenters. The molecule has 5 fully saturated rings. The average Bonchev–Trinajstić information content (AvgIpc) is 1.74. The summed E-state index contributed by atoms with van der Waals surface area (Å²) in [6.45, 7) is 4.65. The number of nitrogens with two attached hydrogens (primary N) is 2. The molecule has 52 heteroatoms. The normalized spacial score (nSPS) is 26.1. The molecular weight excluding hydrogens is 1610 g/mol. The van der Waals surface area contributed by atoms with Gasteiger partial charge in [-0.1, -0.05) is 13.8 Å². The first-order valence-corrected chi connectivity index (χ1v) is 44.5. The summed E-state index contributed by atoms with van der Waals surface area (Å²) in [4.78, 5) is 113. The van der Waals surface area contributed by atoms with Gasteiger partial charge in [0.25, 0.3) is 24.2 Å². The van der Waals surface area contributed by atoms with E-state index in [0.717, 1.165) is 13.7 Å². The maximum Gasteiger partial charge on any atom is 0.351 e. The maximum atomic E-state index is 16.3. The summed E-state index contributed by atoms with van der Waals surface area (Å²) < 4.78 is 163. The van der Waals surface area contributed by atoms with Crippen LogP contribution in [0.4, 0.5) is 11.6 Å². The zero-order chi connectivity index (χ0) is 83.3. The van der Waals surface area contributed by atoms with Crippen LogP contribution in [0.1, 0.15) is 61.9 Å². The Labute approximate surface area is 659 Å². The molecule has 0 spiro atoms. The largest absolute Gasteiger partial charge is 0.383 e. The van der Waals surface area contributed by atoms with Crippen LogP contribution in [0.3, 0.4) is 0 Å². The van der Waals surface area contributed by atoms with E-state index in [2.05, 4.69) is 50.2 Å². The lowest BCUT2D eigenvalue weighted by molar-refractivity contribution is -0.132. The van der Waals surface area contributed by atoms with Crippen LogP contribution in [0.5, 0.6) is 0 Å². The summed E-state index contributed by atoms with van der Waals surface area (Å²) >= 11 is 0. The number of aromatic amines is 3. The number of rotatable bonds is 30. The van der Waals surface area contributed by atoms with E-state index in [1.807, 2.05) is 0 Å². The van der Waals surface area contributed by atoms with Gasteiger partial charge in [-0.05, 0) is 97.3 Å². The highest BCUT2D eigenvalue weighted by atomic mass is 31.2. The van der Waals surface area contributed by atoms with E-state index in [1.165, 1.54) is 137 Å². The van der Waals surface area contributed by atoms with Gasteiger partial charge in [0.15, 0.2) is 41.3 Å².